The second-order valence-corrected chi connectivity index (χ2v) is 6.15. The van der Waals surface area contributed by atoms with Crippen LogP contribution in [-0.2, 0) is 6.54 Å². The maximum absolute atomic E-state index is 6.31. The number of halogens is 1. The smallest absolute Gasteiger partial charge is 0.240 e. The van der Waals surface area contributed by atoms with Crippen LogP contribution in [-0.4, -0.2) is 46.1 Å². The molecule has 1 aliphatic rings. The van der Waals surface area contributed by atoms with Gasteiger partial charge < -0.3 is 4.52 Å². The van der Waals surface area contributed by atoms with Crippen LogP contribution < -0.4 is 0 Å². The lowest BCUT2D eigenvalue weighted by Crippen LogP contribution is -2.46. The monoisotopic (exact) mass is 320 g/mol. The molecule has 2 heterocycles. The van der Waals surface area contributed by atoms with Crippen molar-refractivity contribution in [2.45, 2.75) is 26.4 Å². The van der Waals surface area contributed by atoms with Gasteiger partial charge >= 0.3 is 0 Å². The molecule has 0 spiro atoms. The number of piperazine rings is 1. The highest BCUT2D eigenvalue weighted by atomic mass is 35.5. The number of rotatable bonds is 4. The van der Waals surface area contributed by atoms with Crippen LogP contribution >= 0.6 is 11.6 Å². The van der Waals surface area contributed by atoms with Crippen molar-refractivity contribution < 1.29 is 4.52 Å². The minimum Gasteiger partial charge on any atom is -0.338 e. The molecule has 6 heteroatoms. The predicted octanol–water partition coefficient (Wildman–Crippen LogP) is 2.91. The summed E-state index contributed by atoms with van der Waals surface area (Å²) in [5.41, 5.74) is 1.20. The summed E-state index contributed by atoms with van der Waals surface area (Å²) in [6.45, 7) is 8.81. The van der Waals surface area contributed by atoms with E-state index in [0.717, 1.165) is 37.7 Å². The molecule has 0 amide bonds. The molecule has 0 aliphatic carbocycles. The van der Waals surface area contributed by atoms with Crippen LogP contribution in [0.4, 0.5) is 0 Å². The molecule has 0 unspecified atom stereocenters. The first-order valence-electron chi connectivity index (χ1n) is 7.63. The maximum Gasteiger partial charge on any atom is 0.240 e. The number of aromatic nitrogens is 2. The molecule has 0 radical (unpaired) electrons. The maximum atomic E-state index is 6.31. The molecule has 3 rings (SSSR count). The molecule has 0 bridgehead atoms. The third kappa shape index (κ3) is 3.48. The number of nitrogens with zero attached hydrogens (tertiary/aromatic N) is 4. The third-order valence-corrected chi connectivity index (χ3v) is 4.58. The number of benzene rings is 1. The molecule has 2 aromatic rings. The van der Waals surface area contributed by atoms with Crippen LogP contribution in [0.5, 0.6) is 0 Å². The Morgan fingerprint density at radius 1 is 1.23 bits per heavy atom. The normalized spacial score (nSPS) is 18.5. The molecular formula is C16H21ClN4O. The van der Waals surface area contributed by atoms with Gasteiger partial charge in [-0.1, -0.05) is 35.0 Å². The van der Waals surface area contributed by atoms with E-state index in [2.05, 4.69) is 32.9 Å². The summed E-state index contributed by atoms with van der Waals surface area (Å²) < 4.78 is 5.19. The third-order valence-electron chi connectivity index (χ3n) is 4.24. The van der Waals surface area contributed by atoms with Gasteiger partial charge in [0.05, 0.1) is 6.54 Å². The highest BCUT2D eigenvalue weighted by Gasteiger charge is 2.24. The lowest BCUT2D eigenvalue weighted by Gasteiger charge is -2.37. The largest absolute Gasteiger partial charge is 0.338 e. The SMILES string of the molecule is Cc1noc(CN2CCN([C@@H](C)c3ccccc3Cl)CC2)n1. The quantitative estimate of drug-likeness (QED) is 0.866. The second-order valence-electron chi connectivity index (χ2n) is 5.74. The summed E-state index contributed by atoms with van der Waals surface area (Å²) in [6.07, 6.45) is 0. The van der Waals surface area contributed by atoms with Crippen LogP contribution in [0.1, 0.15) is 30.2 Å². The van der Waals surface area contributed by atoms with Crippen LogP contribution in [0, 0.1) is 6.92 Å². The average molecular weight is 321 g/mol. The van der Waals surface area contributed by atoms with Gasteiger partial charge in [0.25, 0.3) is 0 Å². The second kappa shape index (κ2) is 6.77. The fourth-order valence-corrected chi connectivity index (χ4v) is 3.21. The fourth-order valence-electron chi connectivity index (χ4n) is 2.91. The van der Waals surface area contributed by atoms with Gasteiger partial charge in [0, 0.05) is 37.2 Å². The molecule has 118 valence electrons. The topological polar surface area (TPSA) is 45.4 Å². The van der Waals surface area contributed by atoms with Crippen molar-refractivity contribution in [3.63, 3.8) is 0 Å². The van der Waals surface area contributed by atoms with Crippen LogP contribution in [0.3, 0.4) is 0 Å². The molecule has 5 nitrogen and oxygen atoms in total. The van der Waals surface area contributed by atoms with Gasteiger partial charge in [0.2, 0.25) is 5.89 Å². The van der Waals surface area contributed by atoms with Gasteiger partial charge in [-0.3, -0.25) is 9.80 Å². The zero-order chi connectivity index (χ0) is 15.5. The number of hydrogen-bond acceptors (Lipinski definition) is 5. The molecule has 1 aromatic carbocycles. The summed E-state index contributed by atoms with van der Waals surface area (Å²) in [4.78, 5) is 9.09. The molecular weight excluding hydrogens is 300 g/mol. The van der Waals surface area contributed by atoms with E-state index in [4.69, 9.17) is 16.1 Å². The molecule has 1 aliphatic heterocycles. The molecule has 1 atom stereocenters. The zero-order valence-corrected chi connectivity index (χ0v) is 13.8. The molecule has 0 N–H and O–H groups in total. The van der Waals surface area contributed by atoms with Gasteiger partial charge in [0.15, 0.2) is 5.82 Å². The minimum absolute atomic E-state index is 0.335. The highest BCUT2D eigenvalue weighted by Crippen LogP contribution is 2.27. The Balaban J connectivity index is 1.56. The summed E-state index contributed by atoms with van der Waals surface area (Å²) in [5.74, 6) is 1.39. The van der Waals surface area contributed by atoms with E-state index in [1.165, 1.54) is 5.56 Å². The molecule has 1 saturated heterocycles. The van der Waals surface area contributed by atoms with E-state index in [9.17, 15) is 0 Å². The summed E-state index contributed by atoms with van der Waals surface area (Å²) in [7, 11) is 0. The van der Waals surface area contributed by atoms with Gasteiger partial charge in [0.1, 0.15) is 0 Å². The predicted molar refractivity (Wildman–Crippen MR) is 85.8 cm³/mol. The Hall–Kier alpha value is -1.43. The Labute approximate surface area is 135 Å². The zero-order valence-electron chi connectivity index (χ0n) is 13.0. The van der Waals surface area contributed by atoms with Crippen molar-refractivity contribution in [1.82, 2.24) is 19.9 Å². The van der Waals surface area contributed by atoms with Crippen LogP contribution in [0.25, 0.3) is 0 Å². The van der Waals surface area contributed by atoms with Crippen molar-refractivity contribution >= 4 is 11.6 Å². The van der Waals surface area contributed by atoms with E-state index < -0.39 is 0 Å². The standard InChI is InChI=1S/C16H21ClN4O/c1-12(14-5-3-4-6-15(14)17)21-9-7-20(8-10-21)11-16-18-13(2)19-22-16/h3-6,12H,7-11H2,1-2H3/t12-/m0/s1. The Morgan fingerprint density at radius 3 is 2.59 bits per heavy atom. The first-order valence-corrected chi connectivity index (χ1v) is 8.01. The van der Waals surface area contributed by atoms with Crippen molar-refractivity contribution in [2.75, 3.05) is 26.2 Å². The highest BCUT2D eigenvalue weighted by molar-refractivity contribution is 6.31. The van der Waals surface area contributed by atoms with Crippen molar-refractivity contribution in [2.24, 2.45) is 0 Å². The Morgan fingerprint density at radius 2 is 1.95 bits per heavy atom. The summed E-state index contributed by atoms with van der Waals surface area (Å²) in [5, 5.41) is 4.68. The van der Waals surface area contributed by atoms with Crippen molar-refractivity contribution in [1.29, 1.82) is 0 Å². The van der Waals surface area contributed by atoms with E-state index in [1.54, 1.807) is 0 Å². The minimum atomic E-state index is 0.335. The lowest BCUT2D eigenvalue weighted by molar-refractivity contribution is 0.0905. The molecule has 1 aromatic heterocycles. The van der Waals surface area contributed by atoms with Crippen LogP contribution in [0.15, 0.2) is 28.8 Å². The van der Waals surface area contributed by atoms with Crippen LogP contribution in [0.2, 0.25) is 5.02 Å². The Bertz CT molecular complexity index is 622. The number of aryl methyl sites for hydroxylation is 1. The fraction of sp³-hybridized carbons (Fsp3) is 0.500. The van der Waals surface area contributed by atoms with Gasteiger partial charge in [-0.2, -0.15) is 4.98 Å². The van der Waals surface area contributed by atoms with Crippen molar-refractivity contribution in [3.05, 3.63) is 46.6 Å². The molecule has 0 saturated carbocycles. The van der Waals surface area contributed by atoms with Gasteiger partial charge in [-0.25, -0.2) is 0 Å². The van der Waals surface area contributed by atoms with E-state index >= 15 is 0 Å². The molecule has 1 fully saturated rings. The lowest BCUT2D eigenvalue weighted by atomic mass is 10.1. The van der Waals surface area contributed by atoms with E-state index in [0.29, 0.717) is 17.8 Å². The van der Waals surface area contributed by atoms with E-state index in [1.807, 2.05) is 25.1 Å². The number of hydrogen-bond donors (Lipinski definition) is 0. The molecule has 22 heavy (non-hydrogen) atoms. The van der Waals surface area contributed by atoms with Gasteiger partial charge in [-0.05, 0) is 25.5 Å². The first-order chi connectivity index (χ1) is 10.6. The van der Waals surface area contributed by atoms with Gasteiger partial charge in [-0.15, -0.1) is 0 Å². The first kappa shape index (κ1) is 15.5. The van der Waals surface area contributed by atoms with E-state index in [-0.39, 0.29) is 0 Å². The summed E-state index contributed by atoms with van der Waals surface area (Å²) >= 11 is 6.31. The Kier molecular flexibility index (Phi) is 4.76. The summed E-state index contributed by atoms with van der Waals surface area (Å²) in [6, 6.07) is 8.43. The van der Waals surface area contributed by atoms with Crippen molar-refractivity contribution in [3.8, 4) is 0 Å². The average Bonchev–Trinajstić information content (AvgIpc) is 2.93.